The molecule has 0 heterocycles. The van der Waals surface area contributed by atoms with E-state index in [1.54, 1.807) is 0 Å². The molecular formula is C9H22N2O2. The van der Waals surface area contributed by atoms with Gasteiger partial charge in [-0.1, -0.05) is 13.3 Å². The van der Waals surface area contributed by atoms with Gasteiger partial charge in [0.25, 0.3) is 0 Å². The summed E-state index contributed by atoms with van der Waals surface area (Å²) in [5.74, 6) is 0. The molecule has 0 bridgehead atoms. The lowest BCUT2D eigenvalue weighted by molar-refractivity contribution is 0.0361. The summed E-state index contributed by atoms with van der Waals surface area (Å²) in [6.07, 6.45) is 1.77. The Bertz CT molecular complexity index is 102. The van der Waals surface area contributed by atoms with Crippen LogP contribution >= 0.6 is 0 Å². The number of nitrogens with one attached hydrogen (secondary N) is 1. The summed E-state index contributed by atoms with van der Waals surface area (Å²) in [5.41, 5.74) is 5.28. The normalized spacial score (nSPS) is 13.2. The quantitative estimate of drug-likeness (QED) is 0.437. The fourth-order valence-corrected chi connectivity index (χ4v) is 0.895. The van der Waals surface area contributed by atoms with E-state index in [4.69, 9.17) is 10.5 Å². The monoisotopic (exact) mass is 190 g/mol. The minimum absolute atomic E-state index is 0.414. The van der Waals surface area contributed by atoms with Gasteiger partial charge in [-0.3, -0.25) is 0 Å². The summed E-state index contributed by atoms with van der Waals surface area (Å²) in [7, 11) is 0. The molecule has 4 nitrogen and oxygen atoms in total. The third kappa shape index (κ3) is 9.76. The molecule has 0 aromatic carbocycles. The highest BCUT2D eigenvalue weighted by Crippen LogP contribution is 1.89. The van der Waals surface area contributed by atoms with Crippen molar-refractivity contribution in [1.29, 1.82) is 0 Å². The summed E-state index contributed by atoms with van der Waals surface area (Å²) >= 11 is 0. The second kappa shape index (κ2) is 9.92. The van der Waals surface area contributed by atoms with Gasteiger partial charge in [0.1, 0.15) is 0 Å². The highest BCUT2D eigenvalue weighted by atomic mass is 16.5. The molecule has 80 valence electrons. The van der Waals surface area contributed by atoms with E-state index in [9.17, 15) is 5.11 Å². The van der Waals surface area contributed by atoms with Crippen molar-refractivity contribution in [3.63, 3.8) is 0 Å². The zero-order valence-electron chi connectivity index (χ0n) is 8.46. The number of aliphatic hydroxyl groups is 1. The topological polar surface area (TPSA) is 67.5 Å². The van der Waals surface area contributed by atoms with Crippen LogP contribution in [0.2, 0.25) is 0 Å². The van der Waals surface area contributed by atoms with E-state index in [1.165, 1.54) is 0 Å². The summed E-state index contributed by atoms with van der Waals surface area (Å²) in [6.45, 7) is 5.17. The van der Waals surface area contributed by atoms with Crippen LogP contribution < -0.4 is 11.1 Å². The Morgan fingerprint density at radius 3 is 2.92 bits per heavy atom. The summed E-state index contributed by atoms with van der Waals surface area (Å²) in [4.78, 5) is 0. The molecule has 4 heteroatoms. The SMILES string of the molecule is CCCCOC[C@H](O)CNCCN. The average molecular weight is 190 g/mol. The summed E-state index contributed by atoms with van der Waals surface area (Å²) in [6, 6.07) is 0. The maximum Gasteiger partial charge on any atom is 0.0897 e. The second-order valence-electron chi connectivity index (χ2n) is 3.08. The van der Waals surface area contributed by atoms with Gasteiger partial charge in [-0.05, 0) is 6.42 Å². The molecule has 0 saturated heterocycles. The maximum absolute atomic E-state index is 9.35. The molecule has 0 spiro atoms. The van der Waals surface area contributed by atoms with E-state index >= 15 is 0 Å². The average Bonchev–Trinajstić information content (AvgIpc) is 2.13. The summed E-state index contributed by atoms with van der Waals surface area (Å²) in [5, 5.41) is 12.4. The van der Waals surface area contributed by atoms with E-state index in [1.807, 2.05) is 0 Å². The minimum atomic E-state index is -0.414. The van der Waals surface area contributed by atoms with Crippen LogP contribution in [-0.4, -0.2) is 44.1 Å². The Morgan fingerprint density at radius 2 is 2.31 bits per heavy atom. The first-order chi connectivity index (χ1) is 6.31. The lowest BCUT2D eigenvalue weighted by atomic mass is 10.3. The largest absolute Gasteiger partial charge is 0.389 e. The Labute approximate surface area is 80.5 Å². The standard InChI is InChI=1S/C9H22N2O2/c1-2-3-6-13-8-9(12)7-11-5-4-10/h9,11-12H,2-8,10H2,1H3/t9-/m1/s1. The first-order valence-electron chi connectivity index (χ1n) is 4.97. The van der Waals surface area contributed by atoms with Crippen molar-refractivity contribution in [2.75, 3.05) is 32.8 Å². The molecule has 0 aliphatic heterocycles. The molecule has 0 aromatic heterocycles. The molecule has 0 amide bonds. The first kappa shape index (κ1) is 12.8. The van der Waals surface area contributed by atoms with Crippen LogP contribution in [0.1, 0.15) is 19.8 Å². The number of hydrogen-bond donors (Lipinski definition) is 3. The molecule has 0 saturated carbocycles. The maximum atomic E-state index is 9.35. The van der Waals surface area contributed by atoms with Gasteiger partial charge >= 0.3 is 0 Å². The van der Waals surface area contributed by atoms with Crippen LogP contribution in [0.3, 0.4) is 0 Å². The van der Waals surface area contributed by atoms with Gasteiger partial charge in [0, 0.05) is 26.2 Å². The molecular weight excluding hydrogens is 168 g/mol. The van der Waals surface area contributed by atoms with Crippen molar-refractivity contribution >= 4 is 0 Å². The van der Waals surface area contributed by atoms with Crippen LogP contribution in [-0.2, 0) is 4.74 Å². The van der Waals surface area contributed by atoms with Crippen molar-refractivity contribution in [2.45, 2.75) is 25.9 Å². The van der Waals surface area contributed by atoms with Gasteiger partial charge in [-0.15, -0.1) is 0 Å². The zero-order chi connectivity index (χ0) is 9.94. The van der Waals surface area contributed by atoms with Crippen molar-refractivity contribution in [2.24, 2.45) is 5.73 Å². The highest BCUT2D eigenvalue weighted by Gasteiger charge is 2.02. The number of ether oxygens (including phenoxy) is 1. The molecule has 0 aliphatic rings. The smallest absolute Gasteiger partial charge is 0.0897 e. The van der Waals surface area contributed by atoms with Crippen molar-refractivity contribution in [1.82, 2.24) is 5.32 Å². The number of rotatable bonds is 9. The van der Waals surface area contributed by atoms with Gasteiger partial charge < -0.3 is 20.9 Å². The third-order valence-corrected chi connectivity index (χ3v) is 1.65. The van der Waals surface area contributed by atoms with Gasteiger partial charge in [0.15, 0.2) is 0 Å². The minimum Gasteiger partial charge on any atom is -0.389 e. The Balaban J connectivity index is 3.05. The predicted octanol–water partition coefficient (Wildman–Crippen LogP) is -0.288. The first-order valence-corrected chi connectivity index (χ1v) is 4.97. The van der Waals surface area contributed by atoms with Crippen molar-refractivity contribution in [3.05, 3.63) is 0 Å². The number of unbranched alkanes of at least 4 members (excludes halogenated alkanes) is 1. The highest BCUT2D eigenvalue weighted by molar-refractivity contribution is 4.58. The van der Waals surface area contributed by atoms with Gasteiger partial charge in [0.05, 0.1) is 12.7 Å². The molecule has 0 unspecified atom stereocenters. The van der Waals surface area contributed by atoms with Gasteiger partial charge in [0.2, 0.25) is 0 Å². The molecule has 4 N–H and O–H groups in total. The van der Waals surface area contributed by atoms with E-state index in [0.29, 0.717) is 19.7 Å². The van der Waals surface area contributed by atoms with E-state index < -0.39 is 6.10 Å². The third-order valence-electron chi connectivity index (χ3n) is 1.65. The summed E-state index contributed by atoms with van der Waals surface area (Å²) < 4.78 is 5.25. The van der Waals surface area contributed by atoms with Crippen molar-refractivity contribution < 1.29 is 9.84 Å². The molecule has 0 fully saturated rings. The van der Waals surface area contributed by atoms with E-state index in [2.05, 4.69) is 12.2 Å². The molecule has 13 heavy (non-hydrogen) atoms. The van der Waals surface area contributed by atoms with Gasteiger partial charge in [-0.25, -0.2) is 0 Å². The number of nitrogens with two attached hydrogens (primary N) is 1. The Kier molecular flexibility index (Phi) is 9.80. The fraction of sp³-hybridized carbons (Fsp3) is 1.00. The molecule has 0 rings (SSSR count). The Morgan fingerprint density at radius 1 is 1.54 bits per heavy atom. The molecule has 0 radical (unpaired) electrons. The zero-order valence-corrected chi connectivity index (χ0v) is 8.46. The van der Waals surface area contributed by atoms with E-state index in [0.717, 1.165) is 26.0 Å². The predicted molar refractivity (Wildman–Crippen MR) is 53.7 cm³/mol. The molecule has 0 aromatic rings. The number of aliphatic hydroxyl groups excluding tert-OH is 1. The van der Waals surface area contributed by atoms with Crippen LogP contribution in [0.5, 0.6) is 0 Å². The molecule has 0 aliphatic carbocycles. The van der Waals surface area contributed by atoms with Crippen LogP contribution in [0.4, 0.5) is 0 Å². The number of hydrogen-bond acceptors (Lipinski definition) is 4. The van der Waals surface area contributed by atoms with Gasteiger partial charge in [-0.2, -0.15) is 0 Å². The van der Waals surface area contributed by atoms with Crippen LogP contribution in [0, 0.1) is 0 Å². The van der Waals surface area contributed by atoms with Crippen LogP contribution in [0.15, 0.2) is 0 Å². The fourth-order valence-electron chi connectivity index (χ4n) is 0.895. The van der Waals surface area contributed by atoms with Crippen molar-refractivity contribution in [3.8, 4) is 0 Å². The molecule has 1 atom stereocenters. The second-order valence-corrected chi connectivity index (χ2v) is 3.08. The van der Waals surface area contributed by atoms with Crippen LogP contribution in [0.25, 0.3) is 0 Å². The lowest BCUT2D eigenvalue weighted by Gasteiger charge is -2.11. The Hall–Kier alpha value is -0.160. The lowest BCUT2D eigenvalue weighted by Crippen LogP contribution is -2.33. The van der Waals surface area contributed by atoms with E-state index in [-0.39, 0.29) is 0 Å².